The van der Waals surface area contributed by atoms with Crippen molar-refractivity contribution in [2.24, 2.45) is 5.92 Å². The Bertz CT molecular complexity index is 384. The van der Waals surface area contributed by atoms with E-state index in [2.05, 4.69) is 6.92 Å². The quantitative estimate of drug-likeness (QED) is 0.405. The van der Waals surface area contributed by atoms with Crippen molar-refractivity contribution in [3.8, 4) is 11.5 Å². The van der Waals surface area contributed by atoms with E-state index in [4.69, 9.17) is 9.84 Å². The third kappa shape index (κ3) is 6.60. The van der Waals surface area contributed by atoms with Gasteiger partial charge in [0.25, 0.3) is 0 Å². The highest BCUT2D eigenvalue weighted by molar-refractivity contribution is 5.74. The molecule has 0 unspecified atom stereocenters. The maximum absolute atomic E-state index is 11.9. The van der Waals surface area contributed by atoms with Gasteiger partial charge in [-0.1, -0.05) is 52.4 Å². The molecule has 1 atom stereocenters. The molecule has 0 radical (unpaired) electrons. The Balaban J connectivity index is 2.20. The van der Waals surface area contributed by atoms with Gasteiger partial charge in [0.2, 0.25) is 0 Å². The number of phenolic OH excluding ortho intramolecular Hbond substituents is 1. The van der Waals surface area contributed by atoms with Gasteiger partial charge in [-0.2, -0.15) is 0 Å². The van der Waals surface area contributed by atoms with Crippen molar-refractivity contribution in [1.29, 1.82) is 0 Å². The van der Waals surface area contributed by atoms with Crippen molar-refractivity contribution >= 4 is 5.97 Å². The Kier molecular flexibility index (Phi) is 7.78. The van der Waals surface area contributed by atoms with E-state index in [1.807, 2.05) is 6.92 Å². The molecule has 0 aliphatic carbocycles. The number of aromatic hydroxyl groups is 1. The lowest BCUT2D eigenvalue weighted by Crippen LogP contribution is -2.17. The SMILES string of the molecule is CCCCCCCC[C@H](C)C(=O)Oc1ccc(O)cc1. The van der Waals surface area contributed by atoms with Gasteiger partial charge in [0.05, 0.1) is 5.92 Å². The molecule has 0 aliphatic heterocycles. The standard InChI is InChI=1S/C17H26O3/c1-3-4-5-6-7-8-9-14(2)17(19)20-16-12-10-15(18)11-13-16/h10-14,18H,3-9H2,1-2H3/t14-/m0/s1. The maximum Gasteiger partial charge on any atom is 0.314 e. The van der Waals surface area contributed by atoms with Crippen molar-refractivity contribution in [2.45, 2.75) is 58.8 Å². The topological polar surface area (TPSA) is 46.5 Å². The second-order valence-corrected chi connectivity index (χ2v) is 5.37. The van der Waals surface area contributed by atoms with Crippen LogP contribution in [0.2, 0.25) is 0 Å². The molecule has 1 N–H and O–H groups in total. The first-order chi connectivity index (χ1) is 9.63. The molecule has 0 aromatic heterocycles. The largest absolute Gasteiger partial charge is 0.508 e. The summed E-state index contributed by atoms with van der Waals surface area (Å²) >= 11 is 0. The second-order valence-electron chi connectivity index (χ2n) is 5.37. The number of ether oxygens (including phenoxy) is 1. The van der Waals surface area contributed by atoms with Gasteiger partial charge in [-0.15, -0.1) is 0 Å². The molecule has 3 heteroatoms. The van der Waals surface area contributed by atoms with Crippen molar-refractivity contribution in [3.63, 3.8) is 0 Å². The molecule has 0 fully saturated rings. The van der Waals surface area contributed by atoms with Crippen LogP contribution in [0.3, 0.4) is 0 Å². The number of phenols is 1. The van der Waals surface area contributed by atoms with Crippen molar-refractivity contribution in [3.05, 3.63) is 24.3 Å². The van der Waals surface area contributed by atoms with Crippen LogP contribution in [0.5, 0.6) is 11.5 Å². The molecule has 0 bridgehead atoms. The zero-order valence-electron chi connectivity index (χ0n) is 12.6. The fraction of sp³-hybridized carbons (Fsp3) is 0.588. The molecule has 0 saturated heterocycles. The molecule has 0 spiro atoms. The number of unbranched alkanes of at least 4 members (excludes halogenated alkanes) is 5. The van der Waals surface area contributed by atoms with E-state index in [1.54, 1.807) is 12.1 Å². The lowest BCUT2D eigenvalue weighted by Gasteiger charge is -2.11. The molecule has 0 heterocycles. The minimum Gasteiger partial charge on any atom is -0.508 e. The summed E-state index contributed by atoms with van der Waals surface area (Å²) < 4.78 is 5.28. The third-order valence-corrected chi connectivity index (χ3v) is 3.45. The van der Waals surface area contributed by atoms with Gasteiger partial charge >= 0.3 is 5.97 Å². The van der Waals surface area contributed by atoms with Gasteiger partial charge in [0, 0.05) is 0 Å². The van der Waals surface area contributed by atoms with Crippen LogP contribution < -0.4 is 4.74 Å². The van der Waals surface area contributed by atoms with E-state index < -0.39 is 0 Å². The van der Waals surface area contributed by atoms with Gasteiger partial charge in [-0.25, -0.2) is 0 Å². The van der Waals surface area contributed by atoms with Crippen LogP contribution in [0.1, 0.15) is 58.8 Å². The van der Waals surface area contributed by atoms with Gasteiger partial charge < -0.3 is 9.84 Å². The number of hydrogen-bond donors (Lipinski definition) is 1. The lowest BCUT2D eigenvalue weighted by molar-refractivity contribution is -0.138. The molecule has 1 aromatic carbocycles. The van der Waals surface area contributed by atoms with Crippen LogP contribution in [0.25, 0.3) is 0 Å². The lowest BCUT2D eigenvalue weighted by atomic mass is 10.0. The van der Waals surface area contributed by atoms with Gasteiger partial charge in [-0.05, 0) is 30.7 Å². The summed E-state index contributed by atoms with van der Waals surface area (Å²) in [6.45, 7) is 4.12. The molecular formula is C17H26O3. The molecule has 1 aromatic rings. The van der Waals surface area contributed by atoms with Gasteiger partial charge in [0.15, 0.2) is 0 Å². The van der Waals surface area contributed by atoms with E-state index in [9.17, 15) is 4.79 Å². The monoisotopic (exact) mass is 278 g/mol. The Morgan fingerprint density at radius 2 is 1.70 bits per heavy atom. The smallest absolute Gasteiger partial charge is 0.314 e. The van der Waals surface area contributed by atoms with Crippen LogP contribution in [0.15, 0.2) is 24.3 Å². The molecule has 0 amide bonds. The number of hydrogen-bond acceptors (Lipinski definition) is 3. The fourth-order valence-electron chi connectivity index (χ4n) is 2.08. The number of carbonyl (C=O) groups excluding carboxylic acids is 1. The van der Waals surface area contributed by atoms with Crippen LogP contribution in [0.4, 0.5) is 0 Å². The average molecular weight is 278 g/mol. The number of rotatable bonds is 9. The zero-order chi connectivity index (χ0) is 14.8. The summed E-state index contributed by atoms with van der Waals surface area (Å²) in [6.07, 6.45) is 8.26. The first kappa shape index (κ1) is 16.5. The van der Waals surface area contributed by atoms with E-state index in [-0.39, 0.29) is 17.6 Å². The Hall–Kier alpha value is -1.51. The molecular weight excluding hydrogens is 252 g/mol. The Morgan fingerprint density at radius 3 is 2.35 bits per heavy atom. The summed E-state index contributed by atoms with van der Waals surface area (Å²) in [5, 5.41) is 9.16. The Labute approximate surface area is 122 Å². The summed E-state index contributed by atoms with van der Waals surface area (Å²) in [6, 6.07) is 6.23. The van der Waals surface area contributed by atoms with E-state index in [1.165, 1.54) is 44.2 Å². The van der Waals surface area contributed by atoms with E-state index in [0.717, 1.165) is 12.8 Å². The fourth-order valence-corrected chi connectivity index (χ4v) is 2.08. The molecule has 20 heavy (non-hydrogen) atoms. The first-order valence-corrected chi connectivity index (χ1v) is 7.64. The molecule has 0 saturated carbocycles. The highest BCUT2D eigenvalue weighted by Crippen LogP contribution is 2.19. The molecule has 3 nitrogen and oxygen atoms in total. The van der Waals surface area contributed by atoms with Gasteiger partial charge in [-0.3, -0.25) is 4.79 Å². The maximum atomic E-state index is 11.9. The average Bonchev–Trinajstić information content (AvgIpc) is 2.45. The summed E-state index contributed by atoms with van der Waals surface area (Å²) in [5.74, 6) is 0.395. The normalized spacial score (nSPS) is 12.1. The predicted molar refractivity (Wildman–Crippen MR) is 80.9 cm³/mol. The number of esters is 1. The zero-order valence-corrected chi connectivity index (χ0v) is 12.6. The number of carbonyl (C=O) groups is 1. The minimum atomic E-state index is -0.191. The van der Waals surface area contributed by atoms with Crippen molar-refractivity contribution in [1.82, 2.24) is 0 Å². The first-order valence-electron chi connectivity index (χ1n) is 7.64. The van der Waals surface area contributed by atoms with Crippen LogP contribution in [-0.4, -0.2) is 11.1 Å². The van der Waals surface area contributed by atoms with Crippen molar-refractivity contribution in [2.75, 3.05) is 0 Å². The summed E-state index contributed by atoms with van der Waals surface area (Å²) in [7, 11) is 0. The summed E-state index contributed by atoms with van der Waals surface area (Å²) in [5.41, 5.74) is 0. The number of benzene rings is 1. The Morgan fingerprint density at radius 1 is 1.10 bits per heavy atom. The molecule has 0 aliphatic rings. The minimum absolute atomic E-state index is 0.0741. The highest BCUT2D eigenvalue weighted by Gasteiger charge is 2.14. The second kappa shape index (κ2) is 9.40. The summed E-state index contributed by atoms with van der Waals surface area (Å²) in [4.78, 5) is 11.9. The highest BCUT2D eigenvalue weighted by atomic mass is 16.5. The van der Waals surface area contributed by atoms with E-state index in [0.29, 0.717) is 5.75 Å². The van der Waals surface area contributed by atoms with Crippen LogP contribution in [-0.2, 0) is 4.79 Å². The van der Waals surface area contributed by atoms with Crippen molar-refractivity contribution < 1.29 is 14.6 Å². The molecule has 1 rings (SSSR count). The third-order valence-electron chi connectivity index (χ3n) is 3.45. The van der Waals surface area contributed by atoms with E-state index >= 15 is 0 Å². The van der Waals surface area contributed by atoms with Gasteiger partial charge in [0.1, 0.15) is 11.5 Å². The van der Waals surface area contributed by atoms with Crippen LogP contribution >= 0.6 is 0 Å². The predicted octanol–water partition coefficient (Wildman–Crippen LogP) is 4.68. The van der Waals surface area contributed by atoms with Crippen LogP contribution in [0, 0.1) is 5.92 Å². The molecule has 112 valence electrons.